The van der Waals surface area contributed by atoms with Gasteiger partial charge in [0.15, 0.2) is 23.8 Å². The summed E-state index contributed by atoms with van der Waals surface area (Å²) < 4.78 is 26.8. The Balaban J connectivity index is 0.902. The van der Waals surface area contributed by atoms with Crippen LogP contribution in [0.25, 0.3) is 0 Å². The maximum atomic E-state index is 6.84. The van der Waals surface area contributed by atoms with Gasteiger partial charge in [0, 0.05) is 24.7 Å². The molecular weight excluding hydrogens is 584 g/mol. The van der Waals surface area contributed by atoms with Crippen molar-refractivity contribution in [1.29, 1.82) is 0 Å². The smallest absolute Gasteiger partial charge is 0.201 e. The molecule has 4 unspecified atom stereocenters. The number of allylic oxidation sites excluding steroid dienone is 2. The number of rotatable bonds is 7. The molecule has 8 nitrogen and oxygen atoms in total. The van der Waals surface area contributed by atoms with Gasteiger partial charge >= 0.3 is 0 Å². The molecule has 10 fully saturated rings. The van der Waals surface area contributed by atoms with E-state index in [4.69, 9.17) is 38.5 Å². The molecule has 258 valence electrons. The van der Waals surface area contributed by atoms with E-state index in [9.17, 15) is 0 Å². The van der Waals surface area contributed by atoms with Gasteiger partial charge in [-0.05, 0) is 114 Å². The van der Waals surface area contributed by atoms with Gasteiger partial charge in [0.05, 0.1) is 12.2 Å². The molecular formula is C38H58O8. The van der Waals surface area contributed by atoms with Crippen molar-refractivity contribution in [2.75, 3.05) is 0 Å². The molecule has 8 heterocycles. The van der Waals surface area contributed by atoms with Gasteiger partial charge in [-0.1, -0.05) is 52.0 Å². The Morgan fingerprint density at radius 1 is 0.565 bits per heavy atom. The fourth-order valence-electron chi connectivity index (χ4n) is 11.6. The second-order valence-corrected chi connectivity index (χ2v) is 17.2. The summed E-state index contributed by atoms with van der Waals surface area (Å²) in [5.74, 6) is 1.82. The first-order valence-electron chi connectivity index (χ1n) is 18.7. The van der Waals surface area contributed by atoms with Crippen LogP contribution in [0, 0.1) is 47.3 Å². The van der Waals surface area contributed by atoms with E-state index < -0.39 is 35.4 Å². The summed E-state index contributed by atoms with van der Waals surface area (Å²) in [7, 11) is 0. The van der Waals surface area contributed by atoms with Crippen LogP contribution in [0.1, 0.15) is 119 Å². The van der Waals surface area contributed by atoms with E-state index in [2.05, 4.69) is 40.9 Å². The number of ether oxygens (including phenoxy) is 4. The van der Waals surface area contributed by atoms with Crippen molar-refractivity contribution in [2.24, 2.45) is 47.3 Å². The van der Waals surface area contributed by atoms with Crippen molar-refractivity contribution in [2.45, 2.75) is 166 Å². The molecule has 0 radical (unpaired) electrons. The molecule has 2 saturated carbocycles. The third-order valence-electron chi connectivity index (χ3n) is 14.6. The molecule has 8 saturated heterocycles. The number of fused-ring (bicyclic) bond motifs is 4. The molecule has 2 spiro atoms. The molecule has 10 rings (SSSR count). The minimum Gasteiger partial charge on any atom is -0.346 e. The first-order valence-corrected chi connectivity index (χ1v) is 18.7. The van der Waals surface area contributed by atoms with Crippen molar-refractivity contribution in [3.63, 3.8) is 0 Å². The molecule has 0 aromatic carbocycles. The molecule has 0 amide bonds. The van der Waals surface area contributed by atoms with Crippen LogP contribution >= 0.6 is 0 Å². The van der Waals surface area contributed by atoms with Crippen LogP contribution in [0.2, 0.25) is 0 Å². The lowest BCUT2D eigenvalue weighted by Crippen LogP contribution is -2.70. The van der Waals surface area contributed by atoms with Crippen LogP contribution in [0.3, 0.4) is 0 Å². The Morgan fingerprint density at radius 3 is 1.39 bits per heavy atom. The second kappa shape index (κ2) is 11.3. The Morgan fingerprint density at radius 2 is 0.978 bits per heavy atom. The van der Waals surface area contributed by atoms with Crippen molar-refractivity contribution in [1.82, 2.24) is 0 Å². The van der Waals surface area contributed by atoms with Crippen LogP contribution in [0.15, 0.2) is 24.3 Å². The normalized spacial score (nSPS) is 55.5. The maximum Gasteiger partial charge on any atom is 0.201 e. The van der Waals surface area contributed by atoms with Gasteiger partial charge in [-0.25, -0.2) is 19.6 Å². The number of hydrogen-bond acceptors (Lipinski definition) is 8. The molecule has 0 N–H and O–H groups in total. The molecule has 8 heteroatoms. The van der Waals surface area contributed by atoms with Crippen molar-refractivity contribution < 1.29 is 38.5 Å². The zero-order valence-electron chi connectivity index (χ0n) is 29.1. The lowest BCUT2D eigenvalue weighted by atomic mass is 9.57. The average Bonchev–Trinajstić information content (AvgIpc) is 3.40. The summed E-state index contributed by atoms with van der Waals surface area (Å²) in [6.07, 6.45) is 11.4. The van der Waals surface area contributed by atoms with Gasteiger partial charge in [-0.3, -0.25) is 0 Å². The molecule has 8 aliphatic heterocycles. The van der Waals surface area contributed by atoms with Crippen molar-refractivity contribution in [3.8, 4) is 0 Å². The van der Waals surface area contributed by atoms with E-state index in [1.165, 1.54) is 12.8 Å². The van der Waals surface area contributed by atoms with E-state index in [1.807, 2.05) is 13.8 Å². The van der Waals surface area contributed by atoms with Crippen molar-refractivity contribution in [3.05, 3.63) is 24.3 Å². The molecule has 2 aliphatic carbocycles. The van der Waals surface area contributed by atoms with Gasteiger partial charge in [-0.2, -0.15) is 0 Å². The summed E-state index contributed by atoms with van der Waals surface area (Å²) >= 11 is 0. The molecule has 0 aromatic rings. The SMILES string of the molecule is C=C(CC[C@H]1O[C@@H]2O[C@@]3(C)CCC4[C@H](C)CCC([C@H]1C)[C@]42OO3)C(=C)CC[C@H]1O[C@@H]2O[C@@]3(C)CCC4[C@H](C)CCC([C@H]1C)[C@]42OO3. The largest absolute Gasteiger partial charge is 0.346 e. The molecule has 0 aromatic heterocycles. The Hall–Kier alpha value is -0.840. The minimum absolute atomic E-state index is 0.0803. The van der Waals surface area contributed by atoms with Crippen LogP contribution in [-0.2, 0) is 38.5 Å². The molecule has 16 atom stereocenters. The number of hydrogen-bond donors (Lipinski definition) is 0. The minimum atomic E-state index is -0.743. The van der Waals surface area contributed by atoms with Crippen LogP contribution < -0.4 is 0 Å². The predicted molar refractivity (Wildman–Crippen MR) is 170 cm³/mol. The van der Waals surface area contributed by atoms with Crippen molar-refractivity contribution >= 4 is 0 Å². The average molecular weight is 643 g/mol. The van der Waals surface area contributed by atoms with E-state index in [-0.39, 0.29) is 12.2 Å². The lowest BCUT2D eigenvalue weighted by molar-refractivity contribution is -0.571. The highest BCUT2D eigenvalue weighted by atomic mass is 17.3. The van der Waals surface area contributed by atoms with Gasteiger partial charge < -0.3 is 18.9 Å². The molecule has 10 aliphatic rings. The second-order valence-electron chi connectivity index (χ2n) is 17.2. The van der Waals surface area contributed by atoms with Gasteiger partial charge in [-0.15, -0.1) is 0 Å². The lowest BCUT2D eigenvalue weighted by Gasteiger charge is -2.60. The first-order chi connectivity index (χ1) is 21.9. The van der Waals surface area contributed by atoms with E-state index in [1.54, 1.807) is 0 Å². The summed E-state index contributed by atoms with van der Waals surface area (Å²) in [6, 6.07) is 0. The fraction of sp³-hybridized carbons (Fsp3) is 0.895. The quantitative estimate of drug-likeness (QED) is 0.204. The topological polar surface area (TPSA) is 73.8 Å². The zero-order chi connectivity index (χ0) is 32.2. The van der Waals surface area contributed by atoms with E-state index >= 15 is 0 Å². The third kappa shape index (κ3) is 4.74. The van der Waals surface area contributed by atoms with Gasteiger partial charge in [0.1, 0.15) is 0 Å². The highest BCUT2D eigenvalue weighted by molar-refractivity contribution is 5.25. The highest BCUT2D eigenvalue weighted by Gasteiger charge is 2.70. The molecule has 4 bridgehead atoms. The van der Waals surface area contributed by atoms with Gasteiger partial charge in [0.25, 0.3) is 0 Å². The van der Waals surface area contributed by atoms with Crippen LogP contribution in [0.4, 0.5) is 0 Å². The fourth-order valence-corrected chi connectivity index (χ4v) is 11.6. The van der Waals surface area contributed by atoms with Gasteiger partial charge in [0.2, 0.25) is 11.6 Å². The Kier molecular flexibility index (Phi) is 7.98. The maximum absolute atomic E-state index is 6.84. The summed E-state index contributed by atoms with van der Waals surface area (Å²) in [4.78, 5) is 24.7. The monoisotopic (exact) mass is 642 g/mol. The van der Waals surface area contributed by atoms with E-state index in [0.717, 1.165) is 75.4 Å². The van der Waals surface area contributed by atoms with E-state index in [0.29, 0.717) is 47.3 Å². The van der Waals surface area contributed by atoms with Crippen LogP contribution in [0.5, 0.6) is 0 Å². The Labute approximate surface area is 276 Å². The summed E-state index contributed by atoms with van der Waals surface area (Å²) in [6.45, 7) is 22.4. The predicted octanol–water partition coefficient (Wildman–Crippen LogP) is 8.16. The standard InChI is InChI=1S/C38H58O8/c1-21(11-15-31-25(5)29-13-9-23(3)27-17-19-35(7)41-33(39-31)37(27,29)45-43-35)22(2)12-16-32-26(6)30-14-10-24(4)28-18-20-36(8)42-34(40-32)38(28,30)46-44-36/h23-34H,1-2,9-20H2,3-8H3/t23-,24-,25-,26-,27?,28?,29?,30?,31-,32-,33-,34-,35-,36-,37-,38-/m1/s1. The summed E-state index contributed by atoms with van der Waals surface area (Å²) in [5, 5.41) is 0. The molecule has 46 heavy (non-hydrogen) atoms. The van der Waals surface area contributed by atoms with Crippen LogP contribution in [-0.4, -0.2) is 47.6 Å². The zero-order valence-corrected chi connectivity index (χ0v) is 29.1. The summed E-state index contributed by atoms with van der Waals surface area (Å²) in [5.41, 5.74) is 1.21. The third-order valence-corrected chi connectivity index (χ3v) is 14.6. The first kappa shape index (κ1) is 32.4. The Bertz CT molecular complexity index is 1130. The highest BCUT2D eigenvalue weighted by Crippen LogP contribution is 2.62.